The van der Waals surface area contributed by atoms with Crippen LogP contribution in [-0.2, 0) is 13.2 Å². The van der Waals surface area contributed by atoms with Crippen molar-refractivity contribution in [2.75, 3.05) is 7.11 Å². The Hall–Kier alpha value is -2.08. The van der Waals surface area contributed by atoms with Crippen molar-refractivity contribution >= 4 is 0 Å². The molecule has 0 fully saturated rings. The summed E-state index contributed by atoms with van der Waals surface area (Å²) in [7, 11) is 1.56. The van der Waals surface area contributed by atoms with Gasteiger partial charge in [-0.15, -0.1) is 0 Å². The van der Waals surface area contributed by atoms with Gasteiger partial charge in [0, 0.05) is 0 Å². The van der Waals surface area contributed by atoms with Gasteiger partial charge in [-0.05, 0) is 24.6 Å². The Morgan fingerprint density at radius 2 is 2.11 bits per heavy atom. The normalized spacial score (nSPS) is 10.4. The molecule has 6 heteroatoms. The third-order valence-electron chi connectivity index (χ3n) is 2.52. The van der Waals surface area contributed by atoms with Crippen molar-refractivity contribution in [2.45, 2.75) is 20.1 Å². The van der Waals surface area contributed by atoms with Crippen molar-refractivity contribution in [3.05, 3.63) is 35.2 Å². The number of aryl methyl sites for hydroxylation is 1. The summed E-state index contributed by atoms with van der Waals surface area (Å²) in [5.41, 5.74) is 2.07. The molecular formula is C12H14N2O4. The van der Waals surface area contributed by atoms with Gasteiger partial charge in [0.1, 0.15) is 18.0 Å². The monoisotopic (exact) mass is 250 g/mol. The van der Waals surface area contributed by atoms with E-state index >= 15 is 0 Å². The first-order valence-corrected chi connectivity index (χ1v) is 5.43. The topological polar surface area (TPSA) is 77.6 Å². The number of aliphatic hydroxyl groups excluding tert-OH is 1. The van der Waals surface area contributed by atoms with Crippen LogP contribution in [0.1, 0.15) is 17.0 Å². The maximum absolute atomic E-state index is 9.09. The van der Waals surface area contributed by atoms with Crippen molar-refractivity contribution < 1.29 is 19.2 Å². The maximum atomic E-state index is 9.09. The Balaban J connectivity index is 2.14. The lowest BCUT2D eigenvalue weighted by molar-refractivity contribution is 0.257. The number of methoxy groups -OCH3 is 1. The molecule has 0 unspecified atom stereocenters. The van der Waals surface area contributed by atoms with Gasteiger partial charge < -0.3 is 14.6 Å². The molecular weight excluding hydrogens is 236 g/mol. The molecule has 18 heavy (non-hydrogen) atoms. The largest absolute Gasteiger partial charge is 0.493 e. The molecule has 0 atom stereocenters. The lowest BCUT2D eigenvalue weighted by Crippen LogP contribution is -2.00. The number of aromatic nitrogens is 2. The van der Waals surface area contributed by atoms with Gasteiger partial charge in [0.2, 0.25) is 0 Å². The summed E-state index contributed by atoms with van der Waals surface area (Å²) in [6.45, 7) is 1.97. The lowest BCUT2D eigenvalue weighted by Gasteiger charge is -2.10. The second-order valence-corrected chi connectivity index (χ2v) is 3.73. The predicted molar refractivity (Wildman–Crippen MR) is 62.3 cm³/mol. The van der Waals surface area contributed by atoms with Crippen molar-refractivity contribution in [1.82, 2.24) is 10.3 Å². The van der Waals surface area contributed by atoms with E-state index < -0.39 is 0 Å². The Morgan fingerprint density at radius 1 is 1.28 bits per heavy atom. The minimum atomic E-state index is -0.0507. The summed E-state index contributed by atoms with van der Waals surface area (Å²) in [6, 6.07) is 5.24. The van der Waals surface area contributed by atoms with Gasteiger partial charge in [0.25, 0.3) is 0 Å². The summed E-state index contributed by atoms with van der Waals surface area (Å²) in [6.07, 6.45) is 0. The Bertz CT molecular complexity index is 525. The number of nitrogens with zero attached hydrogens (tertiary/aromatic N) is 2. The Kier molecular flexibility index (Phi) is 3.78. The van der Waals surface area contributed by atoms with E-state index in [1.165, 1.54) is 0 Å². The first-order chi connectivity index (χ1) is 8.74. The van der Waals surface area contributed by atoms with E-state index in [1.807, 2.05) is 0 Å². The van der Waals surface area contributed by atoms with Crippen LogP contribution in [0.5, 0.6) is 11.5 Å². The van der Waals surface area contributed by atoms with Gasteiger partial charge in [-0.2, -0.15) is 0 Å². The zero-order valence-corrected chi connectivity index (χ0v) is 10.2. The zero-order chi connectivity index (χ0) is 13.0. The standard InChI is InChI=1S/C12H14N2O4/c1-8-10(14-18-13-8)7-17-12-5-9(6-15)3-4-11(12)16-2/h3-5,15H,6-7H2,1-2H3. The van der Waals surface area contributed by atoms with Crippen molar-refractivity contribution in [3.63, 3.8) is 0 Å². The van der Waals surface area contributed by atoms with Gasteiger partial charge in [-0.3, -0.25) is 0 Å². The molecule has 0 bridgehead atoms. The van der Waals surface area contributed by atoms with Crippen LogP contribution in [0.15, 0.2) is 22.8 Å². The van der Waals surface area contributed by atoms with Crippen LogP contribution in [-0.4, -0.2) is 22.5 Å². The van der Waals surface area contributed by atoms with Gasteiger partial charge in [0.15, 0.2) is 11.5 Å². The number of aliphatic hydroxyl groups is 1. The van der Waals surface area contributed by atoms with Crippen LogP contribution in [0.4, 0.5) is 0 Å². The molecule has 0 radical (unpaired) electrons. The molecule has 0 saturated carbocycles. The van der Waals surface area contributed by atoms with E-state index in [4.69, 9.17) is 14.6 Å². The number of hydrogen-bond donors (Lipinski definition) is 1. The third kappa shape index (κ3) is 2.60. The van der Waals surface area contributed by atoms with Gasteiger partial charge >= 0.3 is 0 Å². The minimum absolute atomic E-state index is 0.0507. The Labute approximate surface area is 104 Å². The summed E-state index contributed by atoms with van der Waals surface area (Å²) in [5.74, 6) is 1.15. The second-order valence-electron chi connectivity index (χ2n) is 3.73. The average Bonchev–Trinajstić information content (AvgIpc) is 2.81. The molecule has 1 N–H and O–H groups in total. The SMILES string of the molecule is COc1ccc(CO)cc1OCc1nonc1C. The van der Waals surface area contributed by atoms with E-state index in [-0.39, 0.29) is 13.2 Å². The molecule has 0 aliphatic heterocycles. The van der Waals surface area contributed by atoms with Crippen LogP contribution in [0.2, 0.25) is 0 Å². The first kappa shape index (κ1) is 12.4. The second kappa shape index (κ2) is 5.50. The first-order valence-electron chi connectivity index (χ1n) is 5.43. The molecule has 6 nitrogen and oxygen atoms in total. The molecule has 0 aliphatic carbocycles. The fourth-order valence-electron chi connectivity index (χ4n) is 1.46. The van der Waals surface area contributed by atoms with Crippen molar-refractivity contribution in [1.29, 1.82) is 0 Å². The number of benzene rings is 1. The molecule has 2 aromatic rings. The molecule has 0 spiro atoms. The molecule has 96 valence electrons. The molecule has 0 aliphatic rings. The van der Waals surface area contributed by atoms with Gasteiger partial charge in [0.05, 0.1) is 13.7 Å². The average molecular weight is 250 g/mol. The van der Waals surface area contributed by atoms with E-state index in [9.17, 15) is 0 Å². The van der Waals surface area contributed by atoms with Crippen molar-refractivity contribution in [2.24, 2.45) is 0 Å². The van der Waals surface area contributed by atoms with Gasteiger partial charge in [-0.25, -0.2) is 4.63 Å². The Morgan fingerprint density at radius 3 is 2.72 bits per heavy atom. The molecule has 1 aromatic carbocycles. The fourth-order valence-corrected chi connectivity index (χ4v) is 1.46. The molecule has 1 aromatic heterocycles. The number of rotatable bonds is 5. The molecule has 0 amide bonds. The highest BCUT2D eigenvalue weighted by Crippen LogP contribution is 2.28. The number of ether oxygens (including phenoxy) is 2. The quantitative estimate of drug-likeness (QED) is 0.865. The number of hydrogen-bond acceptors (Lipinski definition) is 6. The minimum Gasteiger partial charge on any atom is -0.493 e. The highest BCUT2D eigenvalue weighted by atomic mass is 16.6. The summed E-state index contributed by atoms with van der Waals surface area (Å²) in [4.78, 5) is 0. The van der Waals surface area contributed by atoms with Crippen LogP contribution in [0.25, 0.3) is 0 Å². The summed E-state index contributed by atoms with van der Waals surface area (Å²) in [5, 5.41) is 16.5. The fraction of sp³-hybridized carbons (Fsp3) is 0.333. The van der Waals surface area contributed by atoms with Crippen LogP contribution in [0, 0.1) is 6.92 Å². The van der Waals surface area contributed by atoms with Crippen molar-refractivity contribution in [3.8, 4) is 11.5 Å². The molecule has 1 heterocycles. The van der Waals surface area contributed by atoms with E-state index in [0.717, 1.165) is 5.56 Å². The third-order valence-corrected chi connectivity index (χ3v) is 2.52. The molecule has 0 saturated heterocycles. The maximum Gasteiger partial charge on any atom is 0.162 e. The van der Waals surface area contributed by atoms with E-state index in [2.05, 4.69) is 14.9 Å². The van der Waals surface area contributed by atoms with Crippen LogP contribution < -0.4 is 9.47 Å². The lowest BCUT2D eigenvalue weighted by atomic mass is 10.2. The van der Waals surface area contributed by atoms with Crippen LogP contribution in [0.3, 0.4) is 0 Å². The molecule has 2 rings (SSSR count). The summed E-state index contributed by atoms with van der Waals surface area (Å²) < 4.78 is 15.4. The highest BCUT2D eigenvalue weighted by Gasteiger charge is 2.09. The van der Waals surface area contributed by atoms with E-state index in [0.29, 0.717) is 22.9 Å². The zero-order valence-electron chi connectivity index (χ0n) is 10.2. The predicted octanol–water partition coefficient (Wildman–Crippen LogP) is 1.46. The van der Waals surface area contributed by atoms with E-state index in [1.54, 1.807) is 32.2 Å². The van der Waals surface area contributed by atoms with Crippen LogP contribution >= 0.6 is 0 Å². The summed E-state index contributed by atoms with van der Waals surface area (Å²) >= 11 is 0. The van der Waals surface area contributed by atoms with Gasteiger partial charge in [-0.1, -0.05) is 16.4 Å². The smallest absolute Gasteiger partial charge is 0.162 e. The highest BCUT2D eigenvalue weighted by molar-refractivity contribution is 5.42.